The van der Waals surface area contributed by atoms with Gasteiger partial charge in [0.05, 0.1) is 23.3 Å². The molecular weight excluding hydrogens is 343 g/mol. The highest BCUT2D eigenvalue weighted by molar-refractivity contribution is 6.00. The molecule has 2 aromatic carbocycles. The van der Waals surface area contributed by atoms with E-state index < -0.39 is 12.0 Å². The molecule has 1 heterocycles. The van der Waals surface area contributed by atoms with Crippen molar-refractivity contribution in [3.8, 4) is 0 Å². The van der Waals surface area contributed by atoms with Crippen molar-refractivity contribution in [3.63, 3.8) is 0 Å². The maximum atomic E-state index is 13.5. The molecule has 2 atom stereocenters. The van der Waals surface area contributed by atoms with E-state index in [1.54, 1.807) is 17.0 Å². The van der Waals surface area contributed by atoms with E-state index >= 15 is 0 Å². The van der Waals surface area contributed by atoms with Crippen LogP contribution < -0.4 is 10.2 Å². The van der Waals surface area contributed by atoms with Crippen molar-refractivity contribution >= 4 is 23.1 Å². The molecule has 1 aliphatic carbocycles. The molecule has 1 aliphatic heterocycles. The summed E-state index contributed by atoms with van der Waals surface area (Å²) >= 11 is 0. The van der Waals surface area contributed by atoms with Gasteiger partial charge in [0.15, 0.2) is 0 Å². The minimum Gasteiger partial charge on any atom is -0.357 e. The normalized spacial score (nSPS) is 21.5. The Morgan fingerprint density at radius 2 is 1.93 bits per heavy atom. The van der Waals surface area contributed by atoms with Crippen molar-refractivity contribution in [3.05, 3.63) is 71.7 Å². The number of Topliss-reactive ketones (excluding diaryl/α,β-unsaturated/α-hetero) is 1. The molecule has 0 fully saturated rings. The summed E-state index contributed by atoms with van der Waals surface area (Å²) in [5.41, 5.74) is 3.11. The summed E-state index contributed by atoms with van der Waals surface area (Å²) in [6, 6.07) is 13.2. The van der Waals surface area contributed by atoms with E-state index in [0.29, 0.717) is 19.3 Å². The first-order valence-electron chi connectivity index (χ1n) is 9.26. The molecule has 2 aliphatic rings. The largest absolute Gasteiger partial charge is 0.357 e. The lowest BCUT2D eigenvalue weighted by molar-refractivity contribution is -0.123. The van der Waals surface area contributed by atoms with Crippen LogP contribution in [-0.4, -0.2) is 11.7 Å². The third-order valence-corrected chi connectivity index (χ3v) is 5.26. The van der Waals surface area contributed by atoms with E-state index in [1.807, 2.05) is 37.3 Å². The average molecular weight is 364 g/mol. The summed E-state index contributed by atoms with van der Waals surface area (Å²) in [6.45, 7) is 1.81. The Kier molecular flexibility index (Phi) is 4.52. The van der Waals surface area contributed by atoms with Crippen molar-refractivity contribution in [2.75, 3.05) is 10.2 Å². The molecule has 27 heavy (non-hydrogen) atoms. The second kappa shape index (κ2) is 6.99. The summed E-state index contributed by atoms with van der Waals surface area (Å²) in [7, 11) is 0. The van der Waals surface area contributed by atoms with Crippen molar-refractivity contribution in [2.24, 2.45) is 5.92 Å². The Morgan fingerprint density at radius 1 is 1.19 bits per heavy atom. The molecule has 0 unspecified atom stereocenters. The van der Waals surface area contributed by atoms with Crippen LogP contribution in [0.3, 0.4) is 0 Å². The van der Waals surface area contributed by atoms with Gasteiger partial charge in [-0.3, -0.25) is 9.59 Å². The van der Waals surface area contributed by atoms with Crippen LogP contribution in [0.15, 0.2) is 60.3 Å². The number of benzene rings is 2. The number of halogens is 1. The summed E-state index contributed by atoms with van der Waals surface area (Å²) in [6.07, 6.45) is 3.47. The van der Waals surface area contributed by atoms with Gasteiger partial charge in [-0.1, -0.05) is 37.3 Å². The Morgan fingerprint density at radius 3 is 2.67 bits per heavy atom. The maximum absolute atomic E-state index is 13.5. The standard InChI is InChI=1S/C22H21FN2O2/c1-2-20(27)25-18-8-4-3-6-16(18)24-17-7-5-9-19(26)21(17)22(25)14-10-12-15(23)13-11-14/h3-4,6-8,10-13,21-22,24H,2,5,9H2,1H3/t21-,22+/m1/s1. The van der Waals surface area contributed by atoms with Crippen LogP contribution in [0, 0.1) is 11.7 Å². The number of nitrogens with one attached hydrogen (secondary N) is 1. The first-order chi connectivity index (χ1) is 13.1. The van der Waals surface area contributed by atoms with Gasteiger partial charge in [-0.2, -0.15) is 0 Å². The fraction of sp³-hybridized carbons (Fsp3) is 0.273. The maximum Gasteiger partial charge on any atom is 0.227 e. The van der Waals surface area contributed by atoms with E-state index in [-0.39, 0.29) is 17.5 Å². The SMILES string of the molecule is CCC(=O)N1c2ccccc2NC2=CCCC(=O)[C@@H]2[C@@H]1c1ccc(F)cc1. The molecule has 138 valence electrons. The second-order valence-corrected chi connectivity index (χ2v) is 6.90. The number of carbonyl (C=O) groups excluding carboxylic acids is 2. The number of fused-ring (bicyclic) bond motifs is 2. The van der Waals surface area contributed by atoms with Crippen molar-refractivity contribution < 1.29 is 14.0 Å². The zero-order chi connectivity index (χ0) is 19.0. The van der Waals surface area contributed by atoms with Gasteiger partial charge in [-0.05, 0) is 36.2 Å². The third-order valence-electron chi connectivity index (χ3n) is 5.26. The van der Waals surface area contributed by atoms with Gasteiger partial charge in [0, 0.05) is 18.5 Å². The first kappa shape index (κ1) is 17.5. The first-order valence-corrected chi connectivity index (χ1v) is 9.26. The lowest BCUT2D eigenvalue weighted by Crippen LogP contribution is -2.41. The number of ketones is 1. The number of allylic oxidation sites excluding steroid dienone is 1. The molecule has 0 saturated carbocycles. The summed E-state index contributed by atoms with van der Waals surface area (Å²) < 4.78 is 13.5. The van der Waals surface area contributed by atoms with Crippen molar-refractivity contribution in [1.29, 1.82) is 0 Å². The van der Waals surface area contributed by atoms with E-state index in [9.17, 15) is 14.0 Å². The van der Waals surface area contributed by atoms with E-state index in [2.05, 4.69) is 5.32 Å². The van der Waals surface area contributed by atoms with Crippen LogP contribution >= 0.6 is 0 Å². The van der Waals surface area contributed by atoms with Gasteiger partial charge in [0.2, 0.25) is 5.91 Å². The Hall–Kier alpha value is -2.95. The molecule has 0 spiro atoms. The van der Waals surface area contributed by atoms with Gasteiger partial charge < -0.3 is 10.2 Å². The molecule has 4 rings (SSSR count). The second-order valence-electron chi connectivity index (χ2n) is 6.90. The van der Waals surface area contributed by atoms with Crippen molar-refractivity contribution in [2.45, 2.75) is 32.2 Å². The molecule has 0 radical (unpaired) electrons. The Bertz CT molecular complexity index is 920. The quantitative estimate of drug-likeness (QED) is 0.847. The minimum absolute atomic E-state index is 0.0711. The fourth-order valence-electron chi connectivity index (χ4n) is 4.01. The van der Waals surface area contributed by atoms with E-state index in [0.717, 1.165) is 22.6 Å². The number of amides is 1. The smallest absolute Gasteiger partial charge is 0.227 e. The van der Waals surface area contributed by atoms with Crippen LogP contribution in [0.25, 0.3) is 0 Å². The van der Waals surface area contributed by atoms with Crippen LogP contribution in [0.1, 0.15) is 37.8 Å². The zero-order valence-electron chi connectivity index (χ0n) is 15.1. The molecule has 0 bridgehead atoms. The highest BCUT2D eigenvalue weighted by Crippen LogP contribution is 2.46. The molecule has 2 aromatic rings. The monoisotopic (exact) mass is 364 g/mol. The molecule has 5 heteroatoms. The molecule has 0 aromatic heterocycles. The van der Waals surface area contributed by atoms with Crippen molar-refractivity contribution in [1.82, 2.24) is 0 Å². The van der Waals surface area contributed by atoms with Gasteiger partial charge in [0.1, 0.15) is 11.6 Å². The van der Waals surface area contributed by atoms with Gasteiger partial charge >= 0.3 is 0 Å². The van der Waals surface area contributed by atoms with Gasteiger partial charge in [-0.25, -0.2) is 4.39 Å². The number of hydrogen-bond donors (Lipinski definition) is 1. The molecule has 0 saturated heterocycles. The Balaban J connectivity index is 1.97. The van der Waals surface area contributed by atoms with Gasteiger partial charge in [0.25, 0.3) is 0 Å². The highest BCUT2D eigenvalue weighted by Gasteiger charge is 2.42. The molecular formula is C22H21FN2O2. The highest BCUT2D eigenvalue weighted by atomic mass is 19.1. The van der Waals surface area contributed by atoms with Crippen LogP contribution in [-0.2, 0) is 9.59 Å². The molecule has 1 amide bonds. The van der Waals surface area contributed by atoms with E-state index in [4.69, 9.17) is 0 Å². The number of para-hydroxylation sites is 2. The number of carbonyl (C=O) groups is 2. The summed E-state index contributed by atoms with van der Waals surface area (Å²) in [5.74, 6) is -0.814. The number of hydrogen-bond acceptors (Lipinski definition) is 3. The molecule has 4 nitrogen and oxygen atoms in total. The average Bonchev–Trinajstić information content (AvgIpc) is 2.83. The summed E-state index contributed by atoms with van der Waals surface area (Å²) in [5, 5.41) is 3.38. The topological polar surface area (TPSA) is 49.4 Å². The number of anilines is 2. The van der Waals surface area contributed by atoms with Gasteiger partial charge in [-0.15, -0.1) is 0 Å². The lowest BCUT2D eigenvalue weighted by Gasteiger charge is -2.36. The van der Waals surface area contributed by atoms with Crippen LogP contribution in [0.5, 0.6) is 0 Å². The predicted octanol–water partition coefficient (Wildman–Crippen LogP) is 4.60. The number of nitrogens with zero attached hydrogens (tertiary/aromatic N) is 1. The Labute approximate surface area is 157 Å². The lowest BCUT2D eigenvalue weighted by atomic mass is 9.81. The van der Waals surface area contributed by atoms with Crippen LogP contribution in [0.2, 0.25) is 0 Å². The summed E-state index contributed by atoms with van der Waals surface area (Å²) in [4.78, 5) is 27.7. The number of rotatable bonds is 2. The van der Waals surface area contributed by atoms with E-state index in [1.165, 1.54) is 12.1 Å². The molecule has 1 N–H and O–H groups in total. The fourth-order valence-corrected chi connectivity index (χ4v) is 4.01. The predicted molar refractivity (Wildman–Crippen MR) is 103 cm³/mol. The minimum atomic E-state index is -0.506. The van der Waals surface area contributed by atoms with Crippen LogP contribution in [0.4, 0.5) is 15.8 Å². The third kappa shape index (κ3) is 3.03. The zero-order valence-corrected chi connectivity index (χ0v) is 15.1.